The van der Waals surface area contributed by atoms with Gasteiger partial charge in [0.25, 0.3) is 0 Å². The molecule has 25 heavy (non-hydrogen) atoms. The van der Waals surface area contributed by atoms with E-state index in [1.807, 2.05) is 0 Å². The summed E-state index contributed by atoms with van der Waals surface area (Å²) in [4.78, 5) is -0.984. The van der Waals surface area contributed by atoms with Gasteiger partial charge in [-0.25, -0.2) is 26.0 Å². The summed E-state index contributed by atoms with van der Waals surface area (Å²) >= 11 is 0. The van der Waals surface area contributed by atoms with Gasteiger partial charge in [-0.15, -0.1) is 0 Å². The number of ether oxygens (including phenoxy) is 1. The molecule has 9 heteroatoms. The van der Waals surface area contributed by atoms with Crippen molar-refractivity contribution in [2.45, 2.75) is 18.4 Å². The molecule has 0 N–H and O–H groups in total. The van der Waals surface area contributed by atoms with Crippen molar-refractivity contribution in [3.63, 3.8) is 0 Å². The molecule has 4 nitrogen and oxygen atoms in total. The van der Waals surface area contributed by atoms with Crippen molar-refractivity contribution >= 4 is 10.0 Å². The Bertz CT molecular complexity index is 887. The van der Waals surface area contributed by atoms with Crippen LogP contribution in [-0.2, 0) is 16.6 Å². The minimum absolute atomic E-state index is 0.0127. The molecule has 2 aromatic carbocycles. The van der Waals surface area contributed by atoms with Gasteiger partial charge in [0, 0.05) is 13.1 Å². The molecule has 136 valence electrons. The fraction of sp³-hybridized carbons (Fsp3) is 0.250. The van der Waals surface area contributed by atoms with Crippen LogP contribution in [0.3, 0.4) is 0 Å². The number of hydrogen-bond acceptors (Lipinski definition) is 3. The third-order valence-corrected chi connectivity index (χ3v) is 5.48. The van der Waals surface area contributed by atoms with Crippen molar-refractivity contribution in [1.82, 2.24) is 4.31 Å². The van der Waals surface area contributed by atoms with Gasteiger partial charge in [-0.1, -0.05) is 13.0 Å². The fourth-order valence-electron chi connectivity index (χ4n) is 2.23. The quantitative estimate of drug-likeness (QED) is 0.572. The Hall–Kier alpha value is -2.13. The van der Waals surface area contributed by atoms with E-state index in [9.17, 15) is 26.0 Å². The summed E-state index contributed by atoms with van der Waals surface area (Å²) in [5.41, 5.74) is 0.284. The molecule has 0 spiro atoms. The molecule has 0 radical (unpaired) electrons. The summed E-state index contributed by atoms with van der Waals surface area (Å²) in [7, 11) is -3.17. The Labute approximate surface area is 142 Å². The van der Waals surface area contributed by atoms with Crippen molar-refractivity contribution in [2.75, 3.05) is 13.7 Å². The molecule has 0 atom stereocenters. The maximum Gasteiger partial charge on any atom is 0.246 e. The van der Waals surface area contributed by atoms with E-state index in [2.05, 4.69) is 0 Å². The summed E-state index contributed by atoms with van der Waals surface area (Å²) < 4.78 is 84.6. The van der Waals surface area contributed by atoms with Crippen LogP contribution >= 0.6 is 0 Å². The predicted molar refractivity (Wildman–Crippen MR) is 82.5 cm³/mol. The first-order chi connectivity index (χ1) is 11.7. The monoisotopic (exact) mass is 377 g/mol. The van der Waals surface area contributed by atoms with Gasteiger partial charge in [-0.2, -0.15) is 4.31 Å². The highest BCUT2D eigenvalue weighted by molar-refractivity contribution is 7.89. The maximum absolute atomic E-state index is 13.9. The SMILES string of the molecule is CCN(Cc1ccc(OC)c(F)c1)S(=O)(=O)c1ccc(F)c(F)c1F. The highest BCUT2D eigenvalue weighted by Gasteiger charge is 2.29. The molecular weight excluding hydrogens is 362 g/mol. The topological polar surface area (TPSA) is 46.6 Å². The molecule has 0 aromatic heterocycles. The van der Waals surface area contributed by atoms with Crippen LogP contribution in [0.15, 0.2) is 35.2 Å². The Morgan fingerprint density at radius 3 is 2.24 bits per heavy atom. The van der Waals surface area contributed by atoms with Crippen molar-refractivity contribution in [3.05, 3.63) is 59.2 Å². The standard InChI is InChI=1S/C16H15F4NO3S/c1-3-21(9-10-4-6-13(24-2)12(18)8-10)25(22,23)14-7-5-11(17)15(19)16(14)20/h4-8H,3,9H2,1-2H3. The molecule has 2 rings (SSSR count). The number of methoxy groups -OCH3 is 1. The van der Waals surface area contributed by atoms with Gasteiger partial charge in [-0.05, 0) is 29.8 Å². The second-order valence-electron chi connectivity index (χ2n) is 5.07. The molecule has 0 saturated carbocycles. The van der Waals surface area contributed by atoms with Gasteiger partial charge >= 0.3 is 0 Å². The summed E-state index contributed by atoms with van der Waals surface area (Å²) in [5, 5.41) is 0. The van der Waals surface area contributed by atoms with E-state index in [4.69, 9.17) is 4.74 Å². The van der Waals surface area contributed by atoms with Gasteiger partial charge in [0.15, 0.2) is 29.0 Å². The molecule has 0 aliphatic heterocycles. The Morgan fingerprint density at radius 1 is 1.00 bits per heavy atom. The second-order valence-corrected chi connectivity index (χ2v) is 6.98. The van der Waals surface area contributed by atoms with Gasteiger partial charge < -0.3 is 4.74 Å². The Balaban J connectivity index is 2.39. The minimum atomic E-state index is -4.45. The lowest BCUT2D eigenvalue weighted by Gasteiger charge is -2.21. The fourth-order valence-corrected chi connectivity index (χ4v) is 3.72. The Kier molecular flexibility index (Phi) is 5.69. The lowest BCUT2D eigenvalue weighted by molar-refractivity contribution is 0.383. The number of halogens is 4. The summed E-state index contributed by atoms with van der Waals surface area (Å²) in [6.45, 7) is 1.11. The lowest BCUT2D eigenvalue weighted by Crippen LogP contribution is -2.31. The zero-order valence-corrected chi connectivity index (χ0v) is 14.2. The van der Waals surface area contributed by atoms with Crippen LogP contribution in [0.2, 0.25) is 0 Å². The van der Waals surface area contributed by atoms with Crippen LogP contribution in [-0.4, -0.2) is 26.4 Å². The average Bonchev–Trinajstić information content (AvgIpc) is 2.57. The van der Waals surface area contributed by atoms with E-state index in [-0.39, 0.29) is 24.4 Å². The van der Waals surface area contributed by atoms with Crippen LogP contribution in [0.1, 0.15) is 12.5 Å². The zero-order chi connectivity index (χ0) is 18.8. The smallest absolute Gasteiger partial charge is 0.246 e. The third kappa shape index (κ3) is 3.77. The third-order valence-electron chi connectivity index (χ3n) is 3.55. The molecule has 0 saturated heterocycles. The summed E-state index contributed by atoms with van der Waals surface area (Å²) in [6.07, 6.45) is 0. The number of hydrogen-bond donors (Lipinski definition) is 0. The van der Waals surface area contributed by atoms with Gasteiger partial charge in [0.2, 0.25) is 10.0 Å². The molecule has 0 aliphatic rings. The lowest BCUT2D eigenvalue weighted by atomic mass is 10.2. The minimum Gasteiger partial charge on any atom is -0.494 e. The first-order valence-corrected chi connectivity index (χ1v) is 8.62. The molecule has 0 bridgehead atoms. The normalized spacial score (nSPS) is 11.8. The number of nitrogens with zero attached hydrogens (tertiary/aromatic N) is 1. The predicted octanol–water partition coefficient (Wildman–Crippen LogP) is 3.46. The van der Waals surface area contributed by atoms with Crippen LogP contribution in [0, 0.1) is 23.3 Å². The van der Waals surface area contributed by atoms with Crippen molar-refractivity contribution in [3.8, 4) is 5.75 Å². The van der Waals surface area contributed by atoms with E-state index in [0.29, 0.717) is 12.1 Å². The molecular formula is C16H15F4NO3S. The van der Waals surface area contributed by atoms with Gasteiger partial charge in [0.05, 0.1) is 7.11 Å². The van der Waals surface area contributed by atoms with Crippen molar-refractivity contribution in [2.24, 2.45) is 0 Å². The molecule has 0 unspecified atom stereocenters. The van der Waals surface area contributed by atoms with Crippen LogP contribution in [0.4, 0.5) is 17.6 Å². The van der Waals surface area contributed by atoms with E-state index in [0.717, 1.165) is 10.4 Å². The van der Waals surface area contributed by atoms with E-state index in [1.54, 1.807) is 0 Å². The molecule has 0 aliphatic carbocycles. The highest BCUT2D eigenvalue weighted by atomic mass is 32.2. The summed E-state index contributed by atoms with van der Waals surface area (Å²) in [5.74, 6) is -5.85. The molecule has 2 aromatic rings. The second kappa shape index (κ2) is 7.40. The van der Waals surface area contributed by atoms with E-state index < -0.39 is 38.2 Å². The summed E-state index contributed by atoms with van der Waals surface area (Å²) in [6, 6.07) is 5.04. The van der Waals surface area contributed by atoms with E-state index in [1.165, 1.54) is 26.2 Å². The van der Waals surface area contributed by atoms with Gasteiger partial charge in [0.1, 0.15) is 4.90 Å². The first kappa shape index (κ1) is 19.2. The maximum atomic E-state index is 13.9. The van der Waals surface area contributed by atoms with Crippen molar-refractivity contribution in [1.29, 1.82) is 0 Å². The van der Waals surface area contributed by atoms with Crippen LogP contribution in [0.5, 0.6) is 5.75 Å². The molecule has 0 heterocycles. The number of rotatable bonds is 6. The molecule has 0 fully saturated rings. The first-order valence-electron chi connectivity index (χ1n) is 7.18. The molecule has 0 amide bonds. The zero-order valence-electron chi connectivity index (χ0n) is 13.4. The largest absolute Gasteiger partial charge is 0.494 e. The average molecular weight is 377 g/mol. The van der Waals surface area contributed by atoms with Crippen LogP contribution < -0.4 is 4.74 Å². The highest BCUT2D eigenvalue weighted by Crippen LogP contribution is 2.25. The number of benzene rings is 2. The van der Waals surface area contributed by atoms with E-state index >= 15 is 0 Å². The van der Waals surface area contributed by atoms with Gasteiger partial charge in [-0.3, -0.25) is 0 Å². The van der Waals surface area contributed by atoms with Crippen molar-refractivity contribution < 1.29 is 30.7 Å². The van der Waals surface area contributed by atoms with Crippen LogP contribution in [0.25, 0.3) is 0 Å². The number of sulfonamides is 1. The Morgan fingerprint density at radius 2 is 1.68 bits per heavy atom.